The van der Waals surface area contributed by atoms with Crippen molar-refractivity contribution in [1.82, 2.24) is 0 Å². The summed E-state index contributed by atoms with van der Waals surface area (Å²) in [5.41, 5.74) is 4.02. The highest BCUT2D eigenvalue weighted by molar-refractivity contribution is 7.67. The van der Waals surface area contributed by atoms with E-state index in [2.05, 4.69) is 50.3 Å². The van der Waals surface area contributed by atoms with Crippen LogP contribution in [0.2, 0.25) is 0 Å². The molecule has 3 aliphatic carbocycles. The molecule has 2 saturated carbocycles. The van der Waals surface area contributed by atoms with Crippen molar-refractivity contribution in [2.75, 3.05) is 0 Å². The van der Waals surface area contributed by atoms with Gasteiger partial charge in [-0.05, 0) is 53.3 Å². The molecule has 1 aromatic carbocycles. The molecule has 1 heteroatoms. The second kappa shape index (κ2) is 7.56. The summed E-state index contributed by atoms with van der Waals surface area (Å²) in [6.45, 7) is 4.83. The van der Waals surface area contributed by atoms with Crippen molar-refractivity contribution < 1.29 is 0 Å². The smallest absolute Gasteiger partial charge is 0.0110 e. The third-order valence-electron chi connectivity index (χ3n) is 7.01. The topological polar surface area (TPSA) is 0 Å². The second-order valence-corrected chi connectivity index (χ2v) is 12.0. The molecular weight excluding hydrogens is 319 g/mol. The predicted octanol–water partition coefficient (Wildman–Crippen LogP) is 7.14. The van der Waals surface area contributed by atoms with Crippen LogP contribution in [0.5, 0.6) is 0 Å². The SMILES string of the molecule is CC1(C)C=CC1c1ccccc1P(C1CCCCC1)C1CCCCC1. The first-order valence-corrected chi connectivity index (χ1v) is 12.2. The van der Waals surface area contributed by atoms with Gasteiger partial charge in [0, 0.05) is 5.92 Å². The zero-order valence-electron chi connectivity index (χ0n) is 16.2. The number of hydrogen-bond donors (Lipinski definition) is 0. The Balaban J connectivity index is 1.70. The molecule has 0 radical (unpaired) electrons. The van der Waals surface area contributed by atoms with Gasteiger partial charge < -0.3 is 0 Å². The Labute approximate surface area is 156 Å². The molecule has 0 aliphatic heterocycles. The number of hydrogen-bond acceptors (Lipinski definition) is 0. The normalized spacial score (nSPS) is 27.4. The van der Waals surface area contributed by atoms with Gasteiger partial charge in [0.25, 0.3) is 0 Å². The van der Waals surface area contributed by atoms with Crippen molar-refractivity contribution in [3.05, 3.63) is 42.0 Å². The van der Waals surface area contributed by atoms with E-state index >= 15 is 0 Å². The Morgan fingerprint density at radius 3 is 1.84 bits per heavy atom. The van der Waals surface area contributed by atoms with E-state index in [1.165, 1.54) is 64.2 Å². The average Bonchev–Trinajstić information content (AvgIpc) is 2.64. The van der Waals surface area contributed by atoms with E-state index < -0.39 is 0 Å². The van der Waals surface area contributed by atoms with Crippen LogP contribution < -0.4 is 5.30 Å². The Hall–Kier alpha value is -0.610. The molecule has 1 aromatic rings. The summed E-state index contributed by atoms with van der Waals surface area (Å²) >= 11 is 0. The standard InChI is InChI=1S/C24H35P/c1-24(2)18-17-22(24)21-15-9-10-16-23(21)25(19-11-5-3-6-12-19)20-13-7-4-8-14-20/h9-10,15-20,22H,3-8,11-14H2,1-2H3. The zero-order chi connectivity index (χ0) is 17.3. The first kappa shape index (κ1) is 17.8. The highest BCUT2D eigenvalue weighted by atomic mass is 31.1. The molecule has 4 rings (SSSR count). The molecule has 0 bridgehead atoms. The molecule has 3 aliphatic rings. The van der Waals surface area contributed by atoms with E-state index in [0.717, 1.165) is 11.3 Å². The largest absolute Gasteiger partial charge is 0.0813 e. The third-order valence-corrected chi connectivity index (χ3v) is 10.6. The molecule has 1 atom stereocenters. The minimum Gasteiger partial charge on any atom is -0.0813 e. The van der Waals surface area contributed by atoms with Gasteiger partial charge in [0.2, 0.25) is 0 Å². The molecule has 136 valence electrons. The van der Waals surface area contributed by atoms with Gasteiger partial charge in [0.15, 0.2) is 0 Å². The summed E-state index contributed by atoms with van der Waals surface area (Å²) in [6, 6.07) is 9.62. The quantitative estimate of drug-likeness (QED) is 0.398. The van der Waals surface area contributed by atoms with Crippen LogP contribution in [0.15, 0.2) is 36.4 Å². The van der Waals surface area contributed by atoms with Gasteiger partial charge in [-0.2, -0.15) is 0 Å². The Morgan fingerprint density at radius 2 is 1.36 bits per heavy atom. The second-order valence-electron chi connectivity index (χ2n) is 9.21. The Morgan fingerprint density at radius 1 is 0.800 bits per heavy atom. The fourth-order valence-corrected chi connectivity index (χ4v) is 9.47. The van der Waals surface area contributed by atoms with Crippen molar-refractivity contribution in [3.63, 3.8) is 0 Å². The van der Waals surface area contributed by atoms with Gasteiger partial charge >= 0.3 is 0 Å². The van der Waals surface area contributed by atoms with Gasteiger partial charge in [0.05, 0.1) is 0 Å². The fourth-order valence-electron chi connectivity index (χ4n) is 5.48. The lowest BCUT2D eigenvalue weighted by atomic mass is 9.67. The van der Waals surface area contributed by atoms with Gasteiger partial charge in [-0.25, -0.2) is 0 Å². The van der Waals surface area contributed by atoms with Crippen LogP contribution >= 0.6 is 7.92 Å². The zero-order valence-corrected chi connectivity index (χ0v) is 17.1. The predicted molar refractivity (Wildman–Crippen MR) is 112 cm³/mol. The summed E-state index contributed by atoms with van der Waals surface area (Å²) < 4.78 is 0. The van der Waals surface area contributed by atoms with Crippen LogP contribution in [-0.2, 0) is 0 Å². The van der Waals surface area contributed by atoms with Gasteiger partial charge in [-0.1, -0.05) is 96.7 Å². The van der Waals surface area contributed by atoms with Crippen molar-refractivity contribution in [3.8, 4) is 0 Å². The lowest BCUT2D eigenvalue weighted by Crippen LogP contribution is -2.33. The summed E-state index contributed by atoms with van der Waals surface area (Å²) in [6.07, 6.45) is 19.8. The van der Waals surface area contributed by atoms with Crippen molar-refractivity contribution in [2.45, 2.75) is 95.3 Å². The minimum absolute atomic E-state index is 0.00750. The average molecular weight is 355 g/mol. The van der Waals surface area contributed by atoms with E-state index in [1.54, 1.807) is 10.9 Å². The Kier molecular flexibility index (Phi) is 5.38. The molecule has 2 fully saturated rings. The molecule has 25 heavy (non-hydrogen) atoms. The lowest BCUT2D eigenvalue weighted by Gasteiger charge is -2.43. The monoisotopic (exact) mass is 354 g/mol. The van der Waals surface area contributed by atoms with Gasteiger partial charge in [-0.15, -0.1) is 0 Å². The summed E-state index contributed by atoms with van der Waals surface area (Å²) in [5.74, 6) is 0.640. The van der Waals surface area contributed by atoms with Crippen LogP contribution in [0.25, 0.3) is 0 Å². The van der Waals surface area contributed by atoms with Gasteiger partial charge in [0.1, 0.15) is 0 Å². The van der Waals surface area contributed by atoms with E-state index in [4.69, 9.17) is 0 Å². The molecule has 1 unspecified atom stereocenters. The highest BCUT2D eigenvalue weighted by Gasteiger charge is 2.38. The summed E-state index contributed by atoms with van der Waals surface area (Å²) in [5, 5.41) is 1.79. The maximum atomic E-state index is 2.53. The first-order chi connectivity index (χ1) is 12.2. The number of rotatable bonds is 4. The van der Waals surface area contributed by atoms with E-state index in [-0.39, 0.29) is 7.92 Å². The molecule has 0 saturated heterocycles. The Bertz CT molecular complexity index is 584. The molecule has 0 N–H and O–H groups in total. The van der Waals surface area contributed by atoms with Crippen molar-refractivity contribution in [2.24, 2.45) is 5.41 Å². The molecular formula is C24H35P. The van der Waals surface area contributed by atoms with Crippen molar-refractivity contribution in [1.29, 1.82) is 0 Å². The maximum absolute atomic E-state index is 2.53. The van der Waals surface area contributed by atoms with Crippen LogP contribution in [-0.4, -0.2) is 11.3 Å². The van der Waals surface area contributed by atoms with Gasteiger partial charge in [-0.3, -0.25) is 0 Å². The molecule has 0 heterocycles. The van der Waals surface area contributed by atoms with Crippen LogP contribution in [0.4, 0.5) is 0 Å². The first-order valence-electron chi connectivity index (χ1n) is 10.7. The molecule has 0 amide bonds. The maximum Gasteiger partial charge on any atom is 0.0110 e. The third kappa shape index (κ3) is 3.62. The molecule has 0 aromatic heterocycles. The van der Waals surface area contributed by atoms with Crippen LogP contribution in [0, 0.1) is 5.41 Å². The molecule has 0 spiro atoms. The minimum atomic E-state index is 0.00750. The lowest BCUT2D eigenvalue weighted by molar-refractivity contribution is 0.381. The van der Waals surface area contributed by atoms with E-state index in [9.17, 15) is 0 Å². The van der Waals surface area contributed by atoms with Crippen LogP contribution in [0.3, 0.4) is 0 Å². The van der Waals surface area contributed by atoms with E-state index in [1.807, 2.05) is 0 Å². The van der Waals surface area contributed by atoms with Crippen LogP contribution in [0.1, 0.15) is 89.5 Å². The summed E-state index contributed by atoms with van der Waals surface area (Å²) in [4.78, 5) is 0. The summed E-state index contributed by atoms with van der Waals surface area (Å²) in [7, 11) is 0.00750. The fraction of sp³-hybridized carbons (Fsp3) is 0.667. The molecule has 0 nitrogen and oxygen atoms in total. The number of benzene rings is 1. The van der Waals surface area contributed by atoms with E-state index in [0.29, 0.717) is 11.3 Å². The highest BCUT2D eigenvalue weighted by Crippen LogP contribution is 2.57. The number of allylic oxidation sites excluding steroid dienone is 2. The van der Waals surface area contributed by atoms with Crippen molar-refractivity contribution >= 4 is 13.2 Å².